The van der Waals surface area contributed by atoms with Gasteiger partial charge in [-0.05, 0) is 47.8 Å². The summed E-state index contributed by atoms with van der Waals surface area (Å²) in [7, 11) is 2.74. The second-order valence-corrected chi connectivity index (χ2v) is 5.96. The van der Waals surface area contributed by atoms with Gasteiger partial charge in [0, 0.05) is 6.54 Å². The molecule has 0 aliphatic heterocycles. The largest absolute Gasteiger partial charge is 0.493 e. The van der Waals surface area contributed by atoms with Crippen LogP contribution in [0, 0.1) is 5.92 Å². The Hall–Kier alpha value is -0.850. The predicted molar refractivity (Wildman–Crippen MR) is 85.9 cm³/mol. The van der Waals surface area contributed by atoms with Crippen LogP contribution in [-0.4, -0.2) is 13.2 Å². The fourth-order valence-electron chi connectivity index (χ4n) is 2.60. The van der Waals surface area contributed by atoms with Gasteiger partial charge >= 0.3 is 0 Å². The number of hydrogen-bond acceptors (Lipinski definition) is 2. The smallest absolute Gasteiger partial charge is 0.120 e. The van der Waals surface area contributed by atoms with Crippen LogP contribution in [0.5, 0.6) is 5.75 Å². The van der Waals surface area contributed by atoms with Crippen molar-refractivity contribution in [3.63, 3.8) is 0 Å². The van der Waals surface area contributed by atoms with E-state index < -0.39 is 0 Å². The van der Waals surface area contributed by atoms with Gasteiger partial charge in [0.15, 0.2) is 0 Å². The summed E-state index contributed by atoms with van der Waals surface area (Å²) in [6.07, 6.45) is 10.8. The molecule has 2 nitrogen and oxygen atoms in total. The van der Waals surface area contributed by atoms with Crippen LogP contribution in [0.1, 0.15) is 37.7 Å². The molecular formula is C16H24NOP. The first-order valence-electron chi connectivity index (χ1n) is 7.18. The van der Waals surface area contributed by atoms with Crippen molar-refractivity contribution in [2.24, 2.45) is 11.7 Å². The van der Waals surface area contributed by atoms with Crippen LogP contribution in [0.25, 0.3) is 6.08 Å². The average Bonchev–Trinajstić information content (AvgIpc) is 2.43. The maximum absolute atomic E-state index is 5.97. The van der Waals surface area contributed by atoms with Crippen molar-refractivity contribution in [2.75, 3.05) is 13.2 Å². The summed E-state index contributed by atoms with van der Waals surface area (Å²) in [5.41, 5.74) is 6.64. The molecule has 1 fully saturated rings. The predicted octanol–water partition coefficient (Wildman–Crippen LogP) is 3.12. The summed E-state index contributed by atoms with van der Waals surface area (Å²) in [5, 5.41) is 1.15. The summed E-state index contributed by atoms with van der Waals surface area (Å²) in [6.45, 7) is 1.42. The number of ether oxygens (including phenoxy) is 1. The van der Waals surface area contributed by atoms with Crippen LogP contribution in [0.15, 0.2) is 24.3 Å². The third kappa shape index (κ3) is 4.97. The zero-order chi connectivity index (χ0) is 13.5. The van der Waals surface area contributed by atoms with Crippen LogP contribution in [0.2, 0.25) is 0 Å². The number of hydrogen-bond donors (Lipinski definition) is 1. The lowest BCUT2D eigenvalue weighted by molar-refractivity contribution is 0.209. The van der Waals surface area contributed by atoms with Crippen molar-refractivity contribution in [3.05, 3.63) is 29.8 Å². The highest BCUT2D eigenvalue weighted by molar-refractivity contribution is 7.27. The fourth-order valence-corrected chi connectivity index (χ4v) is 2.95. The normalized spacial score (nSPS) is 16.9. The lowest BCUT2D eigenvalue weighted by Gasteiger charge is -2.21. The van der Waals surface area contributed by atoms with Gasteiger partial charge in [0.05, 0.1) is 6.61 Å². The minimum atomic E-state index is 0.569. The van der Waals surface area contributed by atoms with E-state index >= 15 is 0 Å². The summed E-state index contributed by atoms with van der Waals surface area (Å²) < 4.78 is 5.97. The topological polar surface area (TPSA) is 35.2 Å². The average molecular weight is 277 g/mol. The van der Waals surface area contributed by atoms with Gasteiger partial charge in [-0.25, -0.2) is 0 Å². The van der Waals surface area contributed by atoms with Crippen molar-refractivity contribution in [1.29, 1.82) is 0 Å². The monoisotopic (exact) mass is 277 g/mol. The molecule has 1 atom stereocenters. The van der Waals surface area contributed by atoms with Crippen molar-refractivity contribution in [1.82, 2.24) is 0 Å². The number of nitrogens with two attached hydrogens (primary N) is 1. The molecule has 2 N–H and O–H groups in total. The molecule has 19 heavy (non-hydrogen) atoms. The highest BCUT2D eigenvalue weighted by Crippen LogP contribution is 2.25. The first-order valence-corrected chi connectivity index (χ1v) is 7.75. The maximum atomic E-state index is 5.97. The first kappa shape index (κ1) is 14.6. The molecule has 104 valence electrons. The highest BCUT2D eigenvalue weighted by Gasteiger charge is 2.14. The standard InChI is InChI=1S/C16H24NOP/c17-8-4-7-14-9-15(11-16(19)10-14)18-12-13-5-2-1-3-6-13/h4,7,9-11,13H,1-3,5-6,8,12,17,19H2/b7-4+. The molecule has 1 aliphatic rings. The summed E-state index contributed by atoms with van der Waals surface area (Å²) in [6, 6.07) is 6.28. The van der Waals surface area contributed by atoms with E-state index in [9.17, 15) is 0 Å². The van der Waals surface area contributed by atoms with Gasteiger partial charge in [-0.1, -0.05) is 31.4 Å². The molecule has 0 saturated heterocycles. The molecule has 0 amide bonds. The third-order valence-electron chi connectivity index (χ3n) is 3.61. The molecule has 3 heteroatoms. The Morgan fingerprint density at radius 3 is 2.74 bits per heavy atom. The quantitative estimate of drug-likeness (QED) is 0.839. The van der Waals surface area contributed by atoms with E-state index in [0.717, 1.165) is 29.1 Å². The van der Waals surface area contributed by atoms with Crippen LogP contribution < -0.4 is 15.8 Å². The summed E-state index contributed by atoms with van der Waals surface area (Å²) in [5.74, 6) is 1.71. The SMILES string of the molecule is NC/C=C/c1cc(P)cc(OCC2CCCCC2)c1. The van der Waals surface area contributed by atoms with Crippen molar-refractivity contribution in [3.8, 4) is 5.75 Å². The Morgan fingerprint density at radius 1 is 1.21 bits per heavy atom. The van der Waals surface area contributed by atoms with Crippen molar-refractivity contribution >= 4 is 20.6 Å². The minimum Gasteiger partial charge on any atom is -0.493 e. The zero-order valence-corrected chi connectivity index (χ0v) is 12.6. The summed E-state index contributed by atoms with van der Waals surface area (Å²) in [4.78, 5) is 0. The zero-order valence-electron chi connectivity index (χ0n) is 11.5. The molecule has 2 rings (SSSR count). The Bertz CT molecular complexity index is 425. The van der Waals surface area contributed by atoms with Gasteiger partial charge in [-0.2, -0.15) is 0 Å². The van der Waals surface area contributed by atoms with Crippen LogP contribution in [-0.2, 0) is 0 Å². The molecule has 1 aromatic carbocycles. The van der Waals surface area contributed by atoms with Crippen LogP contribution >= 0.6 is 9.24 Å². The minimum absolute atomic E-state index is 0.569. The molecule has 1 unspecified atom stereocenters. The molecule has 0 aromatic heterocycles. The van der Waals surface area contributed by atoms with Gasteiger partial charge in [0.25, 0.3) is 0 Å². The van der Waals surface area contributed by atoms with Gasteiger partial charge in [-0.3, -0.25) is 0 Å². The molecule has 1 aromatic rings. The Labute approximate surface area is 118 Å². The van der Waals surface area contributed by atoms with Gasteiger partial charge in [-0.15, -0.1) is 9.24 Å². The number of benzene rings is 1. The van der Waals surface area contributed by atoms with Crippen LogP contribution in [0.3, 0.4) is 0 Å². The van der Waals surface area contributed by atoms with Crippen LogP contribution in [0.4, 0.5) is 0 Å². The second kappa shape index (κ2) is 7.67. The van der Waals surface area contributed by atoms with E-state index in [0.29, 0.717) is 6.54 Å². The Balaban J connectivity index is 1.95. The Morgan fingerprint density at radius 2 is 2.00 bits per heavy atom. The van der Waals surface area contributed by atoms with Gasteiger partial charge < -0.3 is 10.5 Å². The summed E-state index contributed by atoms with van der Waals surface area (Å²) >= 11 is 0. The third-order valence-corrected chi connectivity index (χ3v) is 3.94. The first-order chi connectivity index (χ1) is 9.28. The van der Waals surface area contributed by atoms with Gasteiger partial charge in [0.1, 0.15) is 5.75 Å². The van der Waals surface area contributed by atoms with Crippen molar-refractivity contribution < 1.29 is 4.74 Å². The van der Waals surface area contributed by atoms with E-state index in [1.165, 1.54) is 32.1 Å². The van der Waals surface area contributed by atoms with Gasteiger partial charge in [0.2, 0.25) is 0 Å². The fraction of sp³-hybridized carbons (Fsp3) is 0.500. The van der Waals surface area contributed by atoms with E-state index in [-0.39, 0.29) is 0 Å². The molecule has 0 bridgehead atoms. The second-order valence-electron chi connectivity index (χ2n) is 5.29. The highest BCUT2D eigenvalue weighted by atomic mass is 31.0. The van der Waals surface area contributed by atoms with Crippen molar-refractivity contribution in [2.45, 2.75) is 32.1 Å². The number of rotatable bonds is 5. The van der Waals surface area contributed by atoms with E-state index in [1.54, 1.807) is 0 Å². The molecule has 0 radical (unpaired) electrons. The molecule has 0 spiro atoms. The molecular weight excluding hydrogens is 253 g/mol. The van der Waals surface area contributed by atoms with E-state index in [1.807, 2.05) is 12.2 Å². The molecule has 0 heterocycles. The van der Waals surface area contributed by atoms with E-state index in [4.69, 9.17) is 10.5 Å². The van der Waals surface area contributed by atoms with E-state index in [2.05, 4.69) is 27.4 Å². The Kier molecular flexibility index (Phi) is 5.88. The molecule has 1 aliphatic carbocycles. The molecule has 1 saturated carbocycles. The lowest BCUT2D eigenvalue weighted by atomic mass is 9.90. The lowest BCUT2D eigenvalue weighted by Crippen LogP contribution is -2.15. The maximum Gasteiger partial charge on any atom is 0.120 e.